The smallest absolute Gasteiger partial charge is 0.411 e. The molecule has 0 spiro atoms. The van der Waals surface area contributed by atoms with E-state index in [-0.39, 0.29) is 13.0 Å². The molecular formula is C11H18FNO4. The first-order valence-corrected chi connectivity index (χ1v) is 5.43. The van der Waals surface area contributed by atoms with Crippen LogP contribution in [0.15, 0.2) is 0 Å². The van der Waals surface area contributed by atoms with Crippen molar-refractivity contribution in [3.8, 4) is 0 Å². The lowest BCUT2D eigenvalue weighted by atomic mass is 10.1. The summed E-state index contributed by atoms with van der Waals surface area (Å²) in [5, 5.41) is 8.95. The molecule has 0 saturated carbocycles. The normalized spacial score (nSPS) is 29.2. The number of aliphatic carboxylic acids is 1. The van der Waals surface area contributed by atoms with Crippen LogP contribution >= 0.6 is 0 Å². The number of nitrogens with zero attached hydrogens (tertiary/aromatic N) is 1. The Morgan fingerprint density at radius 3 is 2.41 bits per heavy atom. The van der Waals surface area contributed by atoms with Crippen molar-refractivity contribution in [2.75, 3.05) is 6.54 Å². The van der Waals surface area contributed by atoms with Crippen LogP contribution < -0.4 is 0 Å². The second-order valence-corrected chi connectivity index (χ2v) is 5.58. The third kappa shape index (κ3) is 3.57. The molecular weight excluding hydrogens is 229 g/mol. The zero-order valence-electron chi connectivity index (χ0n) is 10.5. The lowest BCUT2D eigenvalue weighted by Crippen LogP contribution is -2.43. The minimum absolute atomic E-state index is 0.207. The second kappa shape index (κ2) is 4.16. The Labute approximate surface area is 99.5 Å². The molecule has 6 heteroatoms. The van der Waals surface area contributed by atoms with Gasteiger partial charge in [0, 0.05) is 6.42 Å². The summed E-state index contributed by atoms with van der Waals surface area (Å²) < 4.78 is 18.8. The number of carbonyl (C=O) groups excluding carboxylic acids is 1. The molecule has 1 unspecified atom stereocenters. The highest BCUT2D eigenvalue weighted by atomic mass is 19.1. The van der Waals surface area contributed by atoms with Crippen molar-refractivity contribution in [2.24, 2.45) is 0 Å². The first-order valence-electron chi connectivity index (χ1n) is 5.43. The van der Waals surface area contributed by atoms with Crippen LogP contribution in [0.3, 0.4) is 0 Å². The fraction of sp³-hybridized carbons (Fsp3) is 0.818. The standard InChI is InChI=1S/C11H18FNO4/c1-10(2,3)17-9(16)13-6-11(4,12)5-7(13)8(14)15/h7H,5-6H2,1-4H3,(H,14,15)/t7?,11-/m1/s1. The van der Waals surface area contributed by atoms with Gasteiger partial charge in [0.15, 0.2) is 0 Å². The Hall–Kier alpha value is -1.33. The molecule has 98 valence electrons. The van der Waals surface area contributed by atoms with Gasteiger partial charge in [-0.3, -0.25) is 4.90 Å². The van der Waals surface area contributed by atoms with Crippen LogP contribution in [0.2, 0.25) is 0 Å². The molecule has 1 heterocycles. The van der Waals surface area contributed by atoms with Crippen LogP contribution in [0, 0.1) is 0 Å². The third-order valence-electron chi connectivity index (χ3n) is 2.41. The predicted molar refractivity (Wildman–Crippen MR) is 58.5 cm³/mol. The summed E-state index contributed by atoms with van der Waals surface area (Å²) in [6, 6.07) is -1.15. The number of hydrogen-bond donors (Lipinski definition) is 1. The minimum atomic E-state index is -1.68. The molecule has 1 aliphatic heterocycles. The quantitative estimate of drug-likeness (QED) is 0.767. The highest BCUT2D eigenvalue weighted by molar-refractivity contribution is 5.81. The fourth-order valence-electron chi connectivity index (χ4n) is 1.78. The maximum absolute atomic E-state index is 13.8. The lowest BCUT2D eigenvalue weighted by molar-refractivity contribution is -0.142. The van der Waals surface area contributed by atoms with Crippen LogP contribution in [-0.2, 0) is 9.53 Å². The second-order valence-electron chi connectivity index (χ2n) is 5.58. The molecule has 17 heavy (non-hydrogen) atoms. The van der Waals surface area contributed by atoms with Gasteiger partial charge in [-0.1, -0.05) is 0 Å². The van der Waals surface area contributed by atoms with Crippen molar-refractivity contribution in [3.05, 3.63) is 0 Å². The van der Waals surface area contributed by atoms with Gasteiger partial charge in [-0.05, 0) is 27.7 Å². The fourth-order valence-corrected chi connectivity index (χ4v) is 1.78. The number of alkyl halides is 1. The number of rotatable bonds is 1. The van der Waals surface area contributed by atoms with Crippen LogP contribution in [-0.4, -0.2) is 45.9 Å². The molecule has 1 aliphatic rings. The molecule has 0 aromatic rings. The van der Waals surface area contributed by atoms with Gasteiger partial charge in [0.2, 0.25) is 0 Å². The van der Waals surface area contributed by atoms with Gasteiger partial charge >= 0.3 is 12.1 Å². The van der Waals surface area contributed by atoms with Gasteiger partial charge in [0.25, 0.3) is 0 Å². The predicted octanol–water partition coefficient (Wildman–Crippen LogP) is 1.81. The van der Waals surface area contributed by atoms with E-state index in [9.17, 15) is 14.0 Å². The lowest BCUT2D eigenvalue weighted by Gasteiger charge is -2.26. The summed E-state index contributed by atoms with van der Waals surface area (Å²) >= 11 is 0. The van der Waals surface area contributed by atoms with E-state index >= 15 is 0 Å². The number of carbonyl (C=O) groups is 2. The highest BCUT2D eigenvalue weighted by Gasteiger charge is 2.48. The van der Waals surface area contributed by atoms with Crippen LogP contribution in [0.5, 0.6) is 0 Å². The molecule has 1 fully saturated rings. The van der Waals surface area contributed by atoms with E-state index in [1.165, 1.54) is 6.92 Å². The molecule has 0 radical (unpaired) electrons. The van der Waals surface area contributed by atoms with Gasteiger partial charge in [0.05, 0.1) is 6.54 Å². The number of hydrogen-bond acceptors (Lipinski definition) is 3. The SMILES string of the molecule is CC(C)(C)OC(=O)N1C[C@](C)(F)CC1C(=O)O. The Morgan fingerprint density at radius 2 is 2.00 bits per heavy atom. The molecule has 0 aromatic carbocycles. The van der Waals surface area contributed by atoms with Crippen LogP contribution in [0.1, 0.15) is 34.1 Å². The van der Waals surface area contributed by atoms with Gasteiger partial charge in [-0.2, -0.15) is 0 Å². The topological polar surface area (TPSA) is 66.8 Å². The first-order chi connectivity index (χ1) is 7.52. The summed E-state index contributed by atoms with van der Waals surface area (Å²) in [6.07, 6.45) is -0.993. The zero-order valence-corrected chi connectivity index (χ0v) is 10.5. The number of halogens is 1. The maximum Gasteiger partial charge on any atom is 0.411 e. The van der Waals surface area contributed by atoms with Gasteiger partial charge < -0.3 is 9.84 Å². The van der Waals surface area contributed by atoms with Gasteiger partial charge in [0.1, 0.15) is 17.3 Å². The number of likely N-dealkylation sites (tertiary alicyclic amines) is 1. The van der Waals surface area contributed by atoms with E-state index in [1.807, 2.05) is 0 Å². The maximum atomic E-state index is 13.8. The van der Waals surface area contributed by atoms with Gasteiger partial charge in [-0.15, -0.1) is 0 Å². The monoisotopic (exact) mass is 247 g/mol. The van der Waals surface area contributed by atoms with E-state index < -0.39 is 29.4 Å². The average molecular weight is 247 g/mol. The summed E-state index contributed by atoms with van der Waals surface area (Å²) in [5.41, 5.74) is -2.41. The van der Waals surface area contributed by atoms with Crippen molar-refractivity contribution in [2.45, 2.75) is 51.4 Å². The largest absolute Gasteiger partial charge is 0.480 e. The molecule has 5 nitrogen and oxygen atoms in total. The number of amides is 1. The molecule has 1 amide bonds. The Kier molecular flexibility index (Phi) is 3.36. The summed E-state index contributed by atoms with van der Waals surface area (Å²) in [7, 11) is 0. The molecule has 1 N–H and O–H groups in total. The first kappa shape index (κ1) is 13.7. The van der Waals surface area contributed by atoms with E-state index in [4.69, 9.17) is 9.84 Å². The Balaban J connectivity index is 2.81. The minimum Gasteiger partial charge on any atom is -0.480 e. The van der Waals surface area contributed by atoms with Crippen molar-refractivity contribution >= 4 is 12.1 Å². The summed E-state index contributed by atoms with van der Waals surface area (Å²) in [4.78, 5) is 23.6. The summed E-state index contributed by atoms with van der Waals surface area (Å²) in [6.45, 7) is 6.05. The highest BCUT2D eigenvalue weighted by Crippen LogP contribution is 2.31. The van der Waals surface area contributed by atoms with E-state index in [0.29, 0.717) is 0 Å². The molecule has 2 atom stereocenters. The summed E-state index contributed by atoms with van der Waals surface area (Å²) in [5.74, 6) is -1.21. The third-order valence-corrected chi connectivity index (χ3v) is 2.41. The number of ether oxygens (including phenoxy) is 1. The van der Waals surface area contributed by atoms with Crippen LogP contribution in [0.25, 0.3) is 0 Å². The zero-order chi connectivity index (χ0) is 13.4. The Morgan fingerprint density at radius 1 is 1.47 bits per heavy atom. The van der Waals surface area contributed by atoms with Crippen molar-refractivity contribution in [1.29, 1.82) is 0 Å². The molecule has 1 saturated heterocycles. The number of carboxylic acids is 1. The molecule has 0 aliphatic carbocycles. The van der Waals surface area contributed by atoms with Crippen molar-refractivity contribution in [3.63, 3.8) is 0 Å². The average Bonchev–Trinajstić information content (AvgIpc) is 2.38. The van der Waals surface area contributed by atoms with E-state index in [0.717, 1.165) is 4.90 Å². The van der Waals surface area contributed by atoms with Gasteiger partial charge in [-0.25, -0.2) is 14.0 Å². The van der Waals surface area contributed by atoms with Crippen molar-refractivity contribution < 1.29 is 23.8 Å². The van der Waals surface area contributed by atoms with Crippen LogP contribution in [0.4, 0.5) is 9.18 Å². The molecule has 0 aromatic heterocycles. The number of carboxylic acid groups (broad SMARTS) is 1. The van der Waals surface area contributed by atoms with E-state index in [2.05, 4.69) is 0 Å². The van der Waals surface area contributed by atoms with Crippen molar-refractivity contribution in [1.82, 2.24) is 4.90 Å². The molecule has 1 rings (SSSR count). The molecule has 0 bridgehead atoms. The van der Waals surface area contributed by atoms with E-state index in [1.54, 1.807) is 20.8 Å². The Bertz CT molecular complexity index is 335.